The molecule has 2 N–H and O–H groups in total. The number of benzene rings is 1. The van der Waals surface area contributed by atoms with E-state index >= 15 is 0 Å². The number of fused-ring (bicyclic) bond motifs is 1. The van der Waals surface area contributed by atoms with E-state index in [1.807, 2.05) is 42.6 Å². The van der Waals surface area contributed by atoms with Crippen LogP contribution in [-0.4, -0.2) is 12.1 Å². The van der Waals surface area contributed by atoms with Crippen molar-refractivity contribution >= 4 is 39.0 Å². The Bertz CT molecular complexity index is 724. The van der Waals surface area contributed by atoms with Crippen LogP contribution in [0.5, 0.6) is 5.75 Å². The molecular formula is C14H12N2OS2. The zero-order valence-electron chi connectivity index (χ0n) is 10.3. The first kappa shape index (κ1) is 12.3. The molecule has 0 saturated heterocycles. The second kappa shape index (κ2) is 5.11. The predicted molar refractivity (Wildman–Crippen MR) is 81.1 cm³/mol. The van der Waals surface area contributed by atoms with E-state index in [9.17, 15) is 0 Å². The summed E-state index contributed by atoms with van der Waals surface area (Å²) in [4.78, 5) is 5.56. The minimum atomic E-state index is 0.822. The maximum atomic E-state index is 5.76. The van der Waals surface area contributed by atoms with Crippen LogP contribution in [0.4, 0.5) is 5.00 Å². The van der Waals surface area contributed by atoms with Gasteiger partial charge in [-0.15, -0.1) is 11.3 Å². The maximum absolute atomic E-state index is 5.76. The molecule has 0 radical (unpaired) electrons. The summed E-state index contributed by atoms with van der Waals surface area (Å²) in [7, 11) is 1.66. The summed E-state index contributed by atoms with van der Waals surface area (Å²) in [5.74, 6) is 0.822. The molecule has 1 aromatic carbocycles. The van der Waals surface area contributed by atoms with Gasteiger partial charge in [-0.3, -0.25) is 4.98 Å². The molecule has 0 atom stereocenters. The van der Waals surface area contributed by atoms with Crippen LogP contribution in [0.15, 0.2) is 51.7 Å². The van der Waals surface area contributed by atoms with Gasteiger partial charge in [0.15, 0.2) is 0 Å². The highest BCUT2D eigenvalue weighted by Crippen LogP contribution is 2.37. The normalized spacial score (nSPS) is 10.8. The molecule has 0 spiro atoms. The number of nitrogens with zero attached hydrogens (tertiary/aromatic N) is 1. The molecule has 3 aromatic rings. The number of thiophene rings is 1. The molecule has 0 fully saturated rings. The first-order valence-corrected chi connectivity index (χ1v) is 7.35. The average molecular weight is 288 g/mol. The Hall–Kier alpha value is -1.72. The van der Waals surface area contributed by atoms with E-state index in [0.717, 1.165) is 21.7 Å². The maximum Gasteiger partial charge on any atom is 0.121 e. The number of rotatable bonds is 3. The lowest BCUT2D eigenvalue weighted by molar-refractivity contribution is 0.415. The van der Waals surface area contributed by atoms with Gasteiger partial charge in [-0.05, 0) is 30.3 Å². The van der Waals surface area contributed by atoms with Gasteiger partial charge in [-0.25, -0.2) is 0 Å². The molecule has 2 heterocycles. The average Bonchev–Trinajstić information content (AvgIpc) is 2.84. The van der Waals surface area contributed by atoms with Crippen molar-refractivity contribution in [1.29, 1.82) is 0 Å². The van der Waals surface area contributed by atoms with Crippen molar-refractivity contribution in [1.82, 2.24) is 4.98 Å². The summed E-state index contributed by atoms with van der Waals surface area (Å²) < 4.78 is 6.40. The van der Waals surface area contributed by atoms with Crippen LogP contribution in [0.1, 0.15) is 0 Å². The largest absolute Gasteiger partial charge is 0.497 e. The fourth-order valence-corrected chi connectivity index (χ4v) is 3.81. The quantitative estimate of drug-likeness (QED) is 0.790. The van der Waals surface area contributed by atoms with E-state index in [1.54, 1.807) is 30.2 Å². The van der Waals surface area contributed by atoms with Crippen LogP contribution in [-0.2, 0) is 0 Å². The molecule has 0 saturated carbocycles. The Morgan fingerprint density at radius 3 is 2.84 bits per heavy atom. The van der Waals surface area contributed by atoms with E-state index in [0.29, 0.717) is 0 Å². The molecule has 0 aliphatic rings. The van der Waals surface area contributed by atoms with Crippen molar-refractivity contribution in [3.8, 4) is 5.75 Å². The summed E-state index contributed by atoms with van der Waals surface area (Å²) in [6.07, 6.45) is 1.82. The highest BCUT2D eigenvalue weighted by atomic mass is 32.2. The van der Waals surface area contributed by atoms with Gasteiger partial charge in [0, 0.05) is 22.5 Å². The third kappa shape index (κ3) is 2.52. The number of anilines is 1. The Labute approximate surface area is 119 Å². The van der Waals surface area contributed by atoms with Gasteiger partial charge >= 0.3 is 0 Å². The minimum absolute atomic E-state index is 0.822. The van der Waals surface area contributed by atoms with Crippen LogP contribution < -0.4 is 10.5 Å². The highest BCUT2D eigenvalue weighted by Gasteiger charge is 2.06. The summed E-state index contributed by atoms with van der Waals surface area (Å²) in [6.45, 7) is 0. The monoisotopic (exact) mass is 288 g/mol. The van der Waals surface area contributed by atoms with Gasteiger partial charge in [0.2, 0.25) is 0 Å². The SMILES string of the molecule is COc1ccc2c(Sc3ccc(N)s3)ccnc2c1. The van der Waals surface area contributed by atoms with Gasteiger partial charge in [0.1, 0.15) is 5.75 Å². The van der Waals surface area contributed by atoms with Crippen molar-refractivity contribution in [3.05, 3.63) is 42.6 Å². The fourth-order valence-electron chi connectivity index (χ4n) is 1.82. The molecule has 2 aromatic heterocycles. The zero-order chi connectivity index (χ0) is 13.2. The van der Waals surface area contributed by atoms with Crippen LogP contribution in [0.25, 0.3) is 10.9 Å². The molecule has 3 rings (SSSR count). The Kier molecular flexibility index (Phi) is 3.31. The summed E-state index contributed by atoms with van der Waals surface area (Å²) in [5, 5.41) is 1.96. The number of nitrogens with two attached hydrogens (primary N) is 1. The lowest BCUT2D eigenvalue weighted by atomic mass is 10.2. The number of aromatic nitrogens is 1. The molecular weight excluding hydrogens is 276 g/mol. The first-order chi connectivity index (χ1) is 9.26. The van der Waals surface area contributed by atoms with Crippen molar-refractivity contribution in [2.75, 3.05) is 12.8 Å². The molecule has 0 bridgehead atoms. The number of ether oxygens (including phenoxy) is 1. The standard InChI is InChI=1S/C14H12N2OS2/c1-17-9-2-3-10-11(8-9)16-7-6-12(10)18-14-5-4-13(15)19-14/h2-8H,15H2,1H3. The Balaban J connectivity index is 2.03. The van der Waals surface area contributed by atoms with E-state index in [-0.39, 0.29) is 0 Å². The van der Waals surface area contributed by atoms with Crippen LogP contribution in [0.2, 0.25) is 0 Å². The number of methoxy groups -OCH3 is 1. The molecule has 0 amide bonds. The van der Waals surface area contributed by atoms with Crippen LogP contribution in [0.3, 0.4) is 0 Å². The topological polar surface area (TPSA) is 48.1 Å². The van der Waals surface area contributed by atoms with Gasteiger partial charge in [-0.1, -0.05) is 11.8 Å². The van der Waals surface area contributed by atoms with Gasteiger partial charge in [0.25, 0.3) is 0 Å². The molecule has 5 heteroatoms. The third-order valence-corrected chi connectivity index (χ3v) is 4.84. The van der Waals surface area contributed by atoms with Crippen LogP contribution >= 0.6 is 23.1 Å². The highest BCUT2D eigenvalue weighted by molar-refractivity contribution is 8.01. The smallest absolute Gasteiger partial charge is 0.121 e. The summed E-state index contributed by atoms with van der Waals surface area (Å²) >= 11 is 3.30. The molecule has 0 aliphatic heterocycles. The minimum Gasteiger partial charge on any atom is -0.497 e. The van der Waals surface area contributed by atoms with Gasteiger partial charge < -0.3 is 10.5 Å². The summed E-state index contributed by atoms with van der Waals surface area (Å²) in [5.41, 5.74) is 6.70. The fraction of sp³-hybridized carbons (Fsp3) is 0.0714. The Morgan fingerprint density at radius 2 is 2.11 bits per heavy atom. The Morgan fingerprint density at radius 1 is 1.21 bits per heavy atom. The molecule has 0 aliphatic carbocycles. The number of pyridine rings is 1. The zero-order valence-corrected chi connectivity index (χ0v) is 11.9. The lowest BCUT2D eigenvalue weighted by Crippen LogP contribution is -1.85. The second-order valence-corrected chi connectivity index (χ2v) is 6.41. The number of hydrogen-bond donors (Lipinski definition) is 1. The predicted octanol–water partition coefficient (Wildman–Crippen LogP) is 4.04. The molecule has 3 nitrogen and oxygen atoms in total. The van der Waals surface area contributed by atoms with E-state index in [2.05, 4.69) is 4.98 Å². The molecule has 96 valence electrons. The second-order valence-electron chi connectivity index (χ2n) is 3.95. The molecule has 19 heavy (non-hydrogen) atoms. The number of nitrogen functional groups attached to an aromatic ring is 1. The van der Waals surface area contributed by atoms with E-state index < -0.39 is 0 Å². The van der Waals surface area contributed by atoms with E-state index in [1.165, 1.54) is 9.10 Å². The third-order valence-electron chi connectivity index (χ3n) is 2.72. The summed E-state index contributed by atoms with van der Waals surface area (Å²) in [6, 6.07) is 11.9. The molecule has 0 unspecified atom stereocenters. The van der Waals surface area contributed by atoms with Crippen molar-refractivity contribution in [2.45, 2.75) is 9.10 Å². The van der Waals surface area contributed by atoms with Gasteiger partial charge in [0.05, 0.1) is 21.8 Å². The van der Waals surface area contributed by atoms with Crippen molar-refractivity contribution in [2.24, 2.45) is 0 Å². The van der Waals surface area contributed by atoms with Crippen molar-refractivity contribution < 1.29 is 4.74 Å². The van der Waals surface area contributed by atoms with E-state index in [4.69, 9.17) is 10.5 Å². The van der Waals surface area contributed by atoms with Crippen LogP contribution in [0, 0.1) is 0 Å². The van der Waals surface area contributed by atoms with Crippen molar-refractivity contribution in [3.63, 3.8) is 0 Å². The number of hydrogen-bond acceptors (Lipinski definition) is 5. The van der Waals surface area contributed by atoms with Gasteiger partial charge in [-0.2, -0.15) is 0 Å². The lowest BCUT2D eigenvalue weighted by Gasteiger charge is -2.06. The first-order valence-electron chi connectivity index (χ1n) is 5.72.